The molecule has 0 aliphatic carbocycles. The van der Waals surface area contributed by atoms with Gasteiger partial charge in [-0.05, 0) is 0 Å². The van der Waals surface area contributed by atoms with E-state index in [2.05, 4.69) is 13.8 Å². The van der Waals surface area contributed by atoms with Gasteiger partial charge in [-0.25, -0.2) is 0 Å². The molecule has 0 aliphatic rings. The molecular weight excluding hydrogens is 358 g/mol. The van der Waals surface area contributed by atoms with Crippen LogP contribution < -0.4 is 0 Å². The van der Waals surface area contributed by atoms with Crippen LogP contribution in [0.1, 0.15) is 39.5 Å². The fourth-order valence-corrected chi connectivity index (χ4v) is 10.3. The molecular formula is C10H24Cl2OSSn. The number of hydrogen-bond donors (Lipinski definition) is 0. The summed E-state index contributed by atoms with van der Waals surface area (Å²) in [6.45, 7) is 4.38. The van der Waals surface area contributed by atoms with Gasteiger partial charge in [-0.1, -0.05) is 0 Å². The molecule has 0 unspecified atom stereocenters. The van der Waals surface area contributed by atoms with Crippen molar-refractivity contribution < 1.29 is 4.21 Å². The first-order valence-corrected chi connectivity index (χ1v) is 18.7. The van der Waals surface area contributed by atoms with E-state index in [0.717, 1.165) is 8.87 Å². The first-order chi connectivity index (χ1) is 6.85. The molecule has 0 heterocycles. The largest absolute Gasteiger partial charge is 0.260 e. The van der Waals surface area contributed by atoms with E-state index in [0.29, 0.717) is 0 Å². The standard InChI is InChI=1S/2C4H9.C2H6OS.2ClH.Sn/c2*1-3-4-2;1-4(2)3;;;/h2*1,3-4H2,2H3;1-2H3;2*1H;/q;;;;;+2/p-2. The maximum Gasteiger partial charge on any atom is 0.0148 e. The van der Waals surface area contributed by atoms with E-state index < -0.39 is 26.9 Å². The third kappa shape index (κ3) is 21.4. The quantitative estimate of drug-likeness (QED) is 0.619. The van der Waals surface area contributed by atoms with Crippen LogP contribution in [0.3, 0.4) is 0 Å². The maximum absolute atomic E-state index is 9.56. The van der Waals surface area contributed by atoms with Crippen LogP contribution in [0.4, 0.5) is 0 Å². The first kappa shape index (κ1) is 18.9. The zero-order chi connectivity index (χ0) is 12.3. The van der Waals surface area contributed by atoms with Gasteiger partial charge in [0.25, 0.3) is 0 Å². The second-order valence-corrected chi connectivity index (χ2v) is 24.0. The molecule has 0 aromatic carbocycles. The molecule has 0 N–H and O–H groups in total. The molecule has 0 amide bonds. The molecule has 0 radical (unpaired) electrons. The number of halogens is 2. The van der Waals surface area contributed by atoms with Crippen LogP contribution in [0, 0.1) is 0 Å². The summed E-state index contributed by atoms with van der Waals surface area (Å²) < 4.78 is 11.8. The second-order valence-electron chi connectivity index (χ2n) is 3.80. The van der Waals surface area contributed by atoms with Crippen LogP contribution in [-0.4, -0.2) is 32.8 Å². The first-order valence-electron chi connectivity index (χ1n) is 5.48. The summed E-state index contributed by atoms with van der Waals surface area (Å²) in [6, 6.07) is 0. The fourth-order valence-electron chi connectivity index (χ4n) is 0.996. The predicted octanol–water partition coefficient (Wildman–Crippen LogP) is 4.50. The summed E-state index contributed by atoms with van der Waals surface area (Å²) in [4.78, 5) is 0. The normalized spacial score (nSPS) is 11.1. The number of rotatable bonds is 6. The van der Waals surface area contributed by atoms with Gasteiger partial charge in [0.1, 0.15) is 0 Å². The zero-order valence-electron chi connectivity index (χ0n) is 10.3. The van der Waals surface area contributed by atoms with Crippen molar-refractivity contribution in [2.24, 2.45) is 0 Å². The van der Waals surface area contributed by atoms with Gasteiger partial charge in [-0.15, -0.1) is 0 Å². The van der Waals surface area contributed by atoms with Gasteiger partial charge >= 0.3 is 82.4 Å². The summed E-state index contributed by atoms with van der Waals surface area (Å²) in [5.74, 6) is 0. The zero-order valence-corrected chi connectivity index (χ0v) is 15.5. The molecule has 0 spiro atoms. The summed E-state index contributed by atoms with van der Waals surface area (Å²) in [5, 5.41) is 0. The van der Waals surface area contributed by atoms with Gasteiger partial charge in [0.05, 0.1) is 0 Å². The molecule has 0 saturated carbocycles. The van der Waals surface area contributed by atoms with E-state index in [-0.39, 0.29) is 0 Å². The average Bonchev–Trinajstić information content (AvgIpc) is 2.11. The smallest absolute Gasteiger partial charge is 0.0148 e. The molecule has 0 saturated heterocycles. The molecule has 94 valence electrons. The molecule has 0 aromatic rings. The van der Waals surface area contributed by atoms with E-state index >= 15 is 0 Å². The Kier molecular flexibility index (Phi) is 15.1. The molecule has 0 aromatic heterocycles. The Balaban J connectivity index is 0. The predicted molar refractivity (Wildman–Crippen MR) is 76.9 cm³/mol. The van der Waals surface area contributed by atoms with Gasteiger partial charge in [-0.3, -0.25) is 4.21 Å². The van der Waals surface area contributed by atoms with Gasteiger partial charge in [0.15, 0.2) is 0 Å². The van der Waals surface area contributed by atoms with Crippen LogP contribution in [-0.2, 0) is 10.8 Å². The third-order valence-corrected chi connectivity index (χ3v) is 13.1. The molecule has 0 aliphatic heterocycles. The van der Waals surface area contributed by atoms with Crippen molar-refractivity contribution in [1.29, 1.82) is 0 Å². The summed E-state index contributed by atoms with van der Waals surface area (Å²) in [5.41, 5.74) is 0. The van der Waals surface area contributed by atoms with Crippen LogP contribution >= 0.6 is 17.8 Å². The third-order valence-electron chi connectivity index (χ3n) is 1.79. The Bertz CT molecular complexity index is 152. The summed E-state index contributed by atoms with van der Waals surface area (Å²) >= 11 is -2.49. The van der Waals surface area contributed by atoms with Crippen LogP contribution in [0.15, 0.2) is 0 Å². The summed E-state index contributed by atoms with van der Waals surface area (Å²) in [7, 11) is 11.9. The molecule has 0 bridgehead atoms. The van der Waals surface area contributed by atoms with Gasteiger partial charge in [0.2, 0.25) is 0 Å². The molecule has 5 heteroatoms. The molecule has 1 nitrogen and oxygen atoms in total. The van der Waals surface area contributed by atoms with E-state index in [4.69, 9.17) is 17.8 Å². The Morgan fingerprint density at radius 3 is 1.47 bits per heavy atom. The minimum Gasteiger partial charge on any atom is -0.260 e. The Hall–Kier alpha value is 1.53. The van der Waals surface area contributed by atoms with Gasteiger partial charge < -0.3 is 0 Å². The minimum atomic E-state index is -2.49. The fraction of sp³-hybridized carbons (Fsp3) is 1.00. The Morgan fingerprint density at radius 1 is 1.00 bits per heavy atom. The van der Waals surface area contributed by atoms with Crippen molar-refractivity contribution in [3.63, 3.8) is 0 Å². The second kappa shape index (κ2) is 12.0. The van der Waals surface area contributed by atoms with Crippen molar-refractivity contribution in [3.05, 3.63) is 0 Å². The molecule has 0 fully saturated rings. The average molecular weight is 382 g/mol. The molecule has 0 rings (SSSR count). The number of unbranched alkanes of at least 4 members (excludes halogenated alkanes) is 2. The van der Waals surface area contributed by atoms with Crippen molar-refractivity contribution in [2.45, 2.75) is 48.4 Å². The minimum absolute atomic E-state index is 0.611. The van der Waals surface area contributed by atoms with Crippen molar-refractivity contribution in [2.75, 3.05) is 12.5 Å². The van der Waals surface area contributed by atoms with Crippen LogP contribution in [0.5, 0.6) is 0 Å². The number of hydrogen-bond acceptors (Lipinski definition) is 1. The topological polar surface area (TPSA) is 17.1 Å². The summed E-state index contributed by atoms with van der Waals surface area (Å²) in [6.07, 6.45) is 8.19. The van der Waals surface area contributed by atoms with Crippen LogP contribution in [0.25, 0.3) is 0 Å². The van der Waals surface area contributed by atoms with Crippen molar-refractivity contribution in [3.8, 4) is 0 Å². The van der Waals surface area contributed by atoms with Crippen molar-refractivity contribution >= 4 is 44.8 Å². The van der Waals surface area contributed by atoms with E-state index in [1.807, 2.05) is 0 Å². The monoisotopic (exact) mass is 382 g/mol. The van der Waals surface area contributed by atoms with Crippen molar-refractivity contribution in [1.82, 2.24) is 0 Å². The molecule has 15 heavy (non-hydrogen) atoms. The van der Waals surface area contributed by atoms with Gasteiger partial charge in [0, 0.05) is 23.3 Å². The Morgan fingerprint density at radius 2 is 1.27 bits per heavy atom. The van der Waals surface area contributed by atoms with Crippen LogP contribution in [0.2, 0.25) is 8.87 Å². The van der Waals surface area contributed by atoms with E-state index in [9.17, 15) is 4.21 Å². The SMILES string of the molecule is CCC[CH2][Sn]([Cl])([Cl])[CH2]CCC.CS(C)=O. The molecule has 0 atom stereocenters. The Labute approximate surface area is 109 Å². The maximum atomic E-state index is 9.56. The van der Waals surface area contributed by atoms with E-state index in [1.165, 1.54) is 25.7 Å². The van der Waals surface area contributed by atoms with E-state index in [1.54, 1.807) is 12.5 Å². The van der Waals surface area contributed by atoms with Gasteiger partial charge in [-0.2, -0.15) is 0 Å².